The monoisotopic (exact) mass is 637 g/mol. The van der Waals surface area contributed by atoms with Crippen LogP contribution in [0.3, 0.4) is 0 Å². The normalized spacial score (nSPS) is 10.9. The molecule has 207 valence electrons. The Morgan fingerprint density at radius 2 is 1.16 bits per heavy atom. The molecule has 0 bridgehead atoms. The van der Waals surface area contributed by atoms with Crippen LogP contribution in [0.5, 0.6) is 0 Å². The molecular weight excluding hydrogens is 608 g/mol. The molecule has 0 heterocycles. The van der Waals surface area contributed by atoms with E-state index in [9.17, 15) is 0 Å². The third-order valence-corrected chi connectivity index (χ3v) is 8.11. The number of hydrogen-bond acceptors (Lipinski definition) is 0. The standard InChI is InChI=1S/C21H15.C13H9.C9H7.Zr/c1-3-9-16(10-4-1)20-15-18-13-7-8-14-19(18)21(20)17-11-5-2-6-12-17;1-3-7-12-10(5-1)9-11-6-2-4-8-13(11)12;1-2-5-9-7-3-6-8(9)4-1;/h1-15H;1-5,7-8H,9H2;1-7H;/q3*-1;+3. The smallest absolute Gasteiger partial charge is 0.179 e. The molecule has 1 aliphatic rings. The zero-order chi connectivity index (χ0) is 28.8. The van der Waals surface area contributed by atoms with Crippen molar-refractivity contribution in [1.82, 2.24) is 0 Å². The van der Waals surface area contributed by atoms with Gasteiger partial charge in [-0.2, -0.15) is 47.3 Å². The molecule has 0 spiro atoms. The first-order chi connectivity index (χ1) is 21.3. The summed E-state index contributed by atoms with van der Waals surface area (Å²) in [4.78, 5) is 0. The summed E-state index contributed by atoms with van der Waals surface area (Å²) < 4.78 is 0. The van der Waals surface area contributed by atoms with Gasteiger partial charge >= 0.3 is 26.2 Å². The van der Waals surface area contributed by atoms with Crippen LogP contribution in [0.25, 0.3) is 54.9 Å². The molecule has 0 amide bonds. The molecule has 0 saturated carbocycles. The molecule has 0 unspecified atom stereocenters. The molecule has 8 aromatic rings. The molecule has 1 radical (unpaired) electrons. The molecule has 0 saturated heterocycles. The Balaban J connectivity index is 0.000000127. The molecule has 0 N–H and O–H groups in total. The topological polar surface area (TPSA) is 0 Å². The molecule has 8 aromatic carbocycles. The minimum Gasteiger partial charge on any atom is -0.179 e. The van der Waals surface area contributed by atoms with E-state index in [4.69, 9.17) is 0 Å². The van der Waals surface area contributed by atoms with E-state index in [0.717, 1.165) is 6.42 Å². The molecule has 0 nitrogen and oxygen atoms in total. The van der Waals surface area contributed by atoms with Crippen molar-refractivity contribution in [3.05, 3.63) is 193 Å². The van der Waals surface area contributed by atoms with Crippen LogP contribution in [0, 0.1) is 6.07 Å². The van der Waals surface area contributed by atoms with Crippen molar-refractivity contribution in [2.45, 2.75) is 6.42 Å². The molecule has 1 heteroatoms. The van der Waals surface area contributed by atoms with Crippen LogP contribution in [-0.2, 0) is 32.6 Å². The Morgan fingerprint density at radius 1 is 0.523 bits per heavy atom. The molecule has 44 heavy (non-hydrogen) atoms. The zero-order valence-electron chi connectivity index (χ0n) is 24.5. The van der Waals surface area contributed by atoms with Crippen LogP contribution in [0.15, 0.2) is 176 Å². The quantitative estimate of drug-likeness (QED) is 0.165. The predicted octanol–water partition coefficient (Wildman–Crippen LogP) is 11.5. The Bertz CT molecular complexity index is 2020. The van der Waals surface area contributed by atoms with Crippen LogP contribution in [0.1, 0.15) is 11.1 Å². The van der Waals surface area contributed by atoms with E-state index in [1.807, 2.05) is 6.07 Å². The van der Waals surface area contributed by atoms with Gasteiger partial charge < -0.3 is 0 Å². The molecule has 0 atom stereocenters. The van der Waals surface area contributed by atoms with Crippen molar-refractivity contribution >= 4 is 21.5 Å². The van der Waals surface area contributed by atoms with Crippen molar-refractivity contribution < 1.29 is 26.2 Å². The van der Waals surface area contributed by atoms with E-state index in [1.54, 1.807) is 0 Å². The first kappa shape index (κ1) is 29.5. The first-order valence-corrected chi connectivity index (χ1v) is 14.8. The van der Waals surface area contributed by atoms with E-state index in [-0.39, 0.29) is 26.2 Å². The van der Waals surface area contributed by atoms with Gasteiger partial charge in [0, 0.05) is 0 Å². The van der Waals surface area contributed by atoms with Crippen molar-refractivity contribution in [2.24, 2.45) is 0 Å². The van der Waals surface area contributed by atoms with Crippen molar-refractivity contribution in [3.8, 4) is 33.4 Å². The van der Waals surface area contributed by atoms with E-state index < -0.39 is 0 Å². The molecule has 0 aromatic heterocycles. The average molecular weight is 639 g/mol. The van der Waals surface area contributed by atoms with Gasteiger partial charge in [-0.3, -0.25) is 0 Å². The molecule has 0 fully saturated rings. The second-order valence-corrected chi connectivity index (χ2v) is 10.8. The van der Waals surface area contributed by atoms with Gasteiger partial charge in [-0.25, -0.2) is 0 Å². The third kappa shape index (κ3) is 6.21. The van der Waals surface area contributed by atoms with E-state index in [1.165, 1.54) is 66.1 Å². The SMILES string of the molecule is [Zr+3].[c-]1cccc2c1Cc1ccccc1-2.c1ccc(-c2[cH-]c3ccccc3c2-c2ccccc2)cc1.c1ccc2[cH-]ccc2c1. The maximum atomic E-state index is 3.30. The minimum absolute atomic E-state index is 0. The minimum atomic E-state index is 0. The van der Waals surface area contributed by atoms with Gasteiger partial charge in [0.05, 0.1) is 0 Å². The number of hydrogen-bond donors (Lipinski definition) is 0. The van der Waals surface area contributed by atoms with Crippen LogP contribution >= 0.6 is 0 Å². The van der Waals surface area contributed by atoms with Crippen LogP contribution in [-0.4, -0.2) is 0 Å². The molecule has 9 rings (SSSR count). The molecular formula is C43H31Zr. The predicted molar refractivity (Wildman–Crippen MR) is 183 cm³/mol. The summed E-state index contributed by atoms with van der Waals surface area (Å²) in [5.74, 6) is 0. The van der Waals surface area contributed by atoms with Crippen LogP contribution in [0.4, 0.5) is 0 Å². The fraction of sp³-hybridized carbons (Fsp3) is 0.0233. The van der Waals surface area contributed by atoms with Gasteiger partial charge in [-0.1, -0.05) is 131 Å². The average Bonchev–Trinajstić information content (AvgIpc) is 3.82. The van der Waals surface area contributed by atoms with Gasteiger partial charge in [-0.15, -0.1) is 69.2 Å². The molecule has 1 aliphatic carbocycles. The Labute approximate surface area is 279 Å². The first-order valence-electron chi connectivity index (χ1n) is 14.8. The number of rotatable bonds is 2. The van der Waals surface area contributed by atoms with Crippen molar-refractivity contribution in [2.75, 3.05) is 0 Å². The summed E-state index contributed by atoms with van der Waals surface area (Å²) in [5, 5.41) is 5.28. The Hall–Kier alpha value is -4.58. The molecule has 0 aliphatic heterocycles. The number of fused-ring (bicyclic) bond motifs is 5. The maximum absolute atomic E-state index is 3.30. The van der Waals surface area contributed by atoms with Gasteiger partial charge in [0.25, 0.3) is 0 Å². The fourth-order valence-electron chi connectivity index (χ4n) is 6.05. The van der Waals surface area contributed by atoms with Crippen LogP contribution < -0.4 is 0 Å². The summed E-state index contributed by atoms with van der Waals surface area (Å²) in [6.07, 6.45) is 1.05. The van der Waals surface area contributed by atoms with E-state index in [0.29, 0.717) is 0 Å². The van der Waals surface area contributed by atoms with Crippen molar-refractivity contribution in [1.29, 1.82) is 0 Å². The maximum Gasteiger partial charge on any atom is 3.00 e. The van der Waals surface area contributed by atoms with Gasteiger partial charge in [0.15, 0.2) is 0 Å². The fourth-order valence-corrected chi connectivity index (χ4v) is 6.05. The number of benzene rings is 6. The Kier molecular flexibility index (Phi) is 9.26. The van der Waals surface area contributed by atoms with Crippen LogP contribution in [0.2, 0.25) is 0 Å². The third-order valence-electron chi connectivity index (χ3n) is 8.11. The summed E-state index contributed by atoms with van der Waals surface area (Å²) in [6, 6.07) is 65.0. The van der Waals surface area contributed by atoms with E-state index >= 15 is 0 Å². The summed E-state index contributed by atoms with van der Waals surface area (Å²) in [6.45, 7) is 0. The van der Waals surface area contributed by atoms with Gasteiger partial charge in [0.2, 0.25) is 0 Å². The summed E-state index contributed by atoms with van der Waals surface area (Å²) in [7, 11) is 0. The summed E-state index contributed by atoms with van der Waals surface area (Å²) >= 11 is 0. The summed E-state index contributed by atoms with van der Waals surface area (Å²) in [5.41, 5.74) is 10.7. The Morgan fingerprint density at radius 3 is 1.95 bits per heavy atom. The largest absolute Gasteiger partial charge is 3.00 e. The second kappa shape index (κ2) is 13.8. The van der Waals surface area contributed by atoms with Crippen molar-refractivity contribution in [3.63, 3.8) is 0 Å². The van der Waals surface area contributed by atoms with Gasteiger partial charge in [0.1, 0.15) is 0 Å². The second-order valence-electron chi connectivity index (χ2n) is 10.8. The van der Waals surface area contributed by atoms with E-state index in [2.05, 4.69) is 176 Å². The zero-order valence-corrected chi connectivity index (χ0v) is 26.9. The van der Waals surface area contributed by atoms with Gasteiger partial charge in [-0.05, 0) is 6.42 Å².